The molecule has 1 saturated carbocycles. The number of benzene rings is 1. The molecule has 0 spiro atoms. The SMILES string of the molecule is CC(C(=O)O)C1(c2ccc(C#N)cc2)CCC1. The summed E-state index contributed by atoms with van der Waals surface area (Å²) >= 11 is 0. The van der Waals surface area contributed by atoms with Gasteiger partial charge in [-0.15, -0.1) is 0 Å². The highest BCUT2D eigenvalue weighted by molar-refractivity contribution is 5.72. The first-order valence-corrected chi connectivity index (χ1v) is 5.83. The van der Waals surface area contributed by atoms with Crippen LogP contribution in [0.5, 0.6) is 0 Å². The lowest BCUT2D eigenvalue weighted by Crippen LogP contribution is -2.44. The van der Waals surface area contributed by atoms with Crippen LogP contribution >= 0.6 is 0 Å². The predicted octanol–water partition coefficient (Wildman–Crippen LogP) is 2.70. The van der Waals surface area contributed by atoms with Crippen LogP contribution in [0.25, 0.3) is 0 Å². The minimum atomic E-state index is -0.742. The van der Waals surface area contributed by atoms with Gasteiger partial charge in [0.1, 0.15) is 0 Å². The third kappa shape index (κ3) is 1.80. The van der Waals surface area contributed by atoms with E-state index in [0.717, 1.165) is 24.8 Å². The fourth-order valence-corrected chi connectivity index (χ4v) is 2.64. The highest BCUT2D eigenvalue weighted by atomic mass is 16.4. The van der Waals surface area contributed by atoms with E-state index < -0.39 is 5.97 Å². The van der Waals surface area contributed by atoms with Crippen molar-refractivity contribution < 1.29 is 9.90 Å². The molecule has 1 atom stereocenters. The standard InChI is InChI=1S/C14H15NO2/c1-10(13(16)17)14(7-2-8-14)12-5-3-11(9-15)4-6-12/h3-6,10H,2,7-8H2,1H3,(H,16,17). The van der Waals surface area contributed by atoms with Crippen molar-refractivity contribution in [2.45, 2.75) is 31.6 Å². The summed E-state index contributed by atoms with van der Waals surface area (Å²) in [7, 11) is 0. The van der Waals surface area contributed by atoms with Crippen molar-refractivity contribution in [2.24, 2.45) is 5.92 Å². The monoisotopic (exact) mass is 229 g/mol. The molecule has 0 radical (unpaired) electrons. The minimum absolute atomic E-state index is 0.222. The number of hydrogen-bond acceptors (Lipinski definition) is 2. The van der Waals surface area contributed by atoms with Crippen molar-refractivity contribution in [3.63, 3.8) is 0 Å². The van der Waals surface area contributed by atoms with E-state index in [4.69, 9.17) is 5.26 Å². The average Bonchev–Trinajstić information content (AvgIpc) is 2.28. The molecule has 17 heavy (non-hydrogen) atoms. The number of carbonyl (C=O) groups is 1. The van der Waals surface area contributed by atoms with E-state index >= 15 is 0 Å². The van der Waals surface area contributed by atoms with Crippen LogP contribution in [-0.4, -0.2) is 11.1 Å². The molecule has 1 aromatic rings. The second-order valence-electron chi connectivity index (χ2n) is 4.76. The molecular formula is C14H15NO2. The zero-order valence-corrected chi connectivity index (χ0v) is 9.81. The molecule has 0 heterocycles. The molecule has 0 aliphatic heterocycles. The average molecular weight is 229 g/mol. The third-order valence-electron chi connectivity index (χ3n) is 4.03. The molecule has 1 aromatic carbocycles. The fraction of sp³-hybridized carbons (Fsp3) is 0.429. The summed E-state index contributed by atoms with van der Waals surface area (Å²) < 4.78 is 0. The van der Waals surface area contributed by atoms with E-state index in [1.54, 1.807) is 19.1 Å². The second kappa shape index (κ2) is 4.21. The number of carboxylic acid groups (broad SMARTS) is 1. The van der Waals surface area contributed by atoms with E-state index in [9.17, 15) is 9.90 Å². The third-order valence-corrected chi connectivity index (χ3v) is 4.03. The molecule has 3 heteroatoms. The van der Waals surface area contributed by atoms with Gasteiger partial charge in [-0.05, 0) is 30.5 Å². The Hall–Kier alpha value is -1.82. The van der Waals surface area contributed by atoms with Gasteiger partial charge in [-0.25, -0.2) is 0 Å². The maximum absolute atomic E-state index is 11.2. The minimum Gasteiger partial charge on any atom is -0.481 e. The van der Waals surface area contributed by atoms with E-state index in [1.165, 1.54) is 0 Å². The van der Waals surface area contributed by atoms with Crippen LogP contribution in [0, 0.1) is 17.2 Å². The Morgan fingerprint density at radius 1 is 1.41 bits per heavy atom. The zero-order valence-electron chi connectivity index (χ0n) is 9.81. The van der Waals surface area contributed by atoms with Crippen molar-refractivity contribution in [2.75, 3.05) is 0 Å². The summed E-state index contributed by atoms with van der Waals surface area (Å²) in [4.78, 5) is 11.2. The Bertz CT molecular complexity index is 466. The molecule has 0 saturated heterocycles. The molecule has 3 nitrogen and oxygen atoms in total. The van der Waals surface area contributed by atoms with Gasteiger partial charge in [0.05, 0.1) is 17.6 Å². The Kier molecular flexibility index (Phi) is 2.89. The van der Waals surface area contributed by atoms with Gasteiger partial charge in [-0.3, -0.25) is 4.79 Å². The Morgan fingerprint density at radius 3 is 2.35 bits per heavy atom. The Morgan fingerprint density at radius 2 is 2.00 bits per heavy atom. The number of rotatable bonds is 3. The van der Waals surface area contributed by atoms with Gasteiger partial charge >= 0.3 is 5.97 Å². The highest BCUT2D eigenvalue weighted by Crippen LogP contribution is 2.49. The number of hydrogen-bond donors (Lipinski definition) is 1. The second-order valence-corrected chi connectivity index (χ2v) is 4.76. The first kappa shape index (κ1) is 11.7. The highest BCUT2D eigenvalue weighted by Gasteiger charge is 2.46. The van der Waals surface area contributed by atoms with Gasteiger partial charge in [-0.2, -0.15) is 5.26 Å². The van der Waals surface area contributed by atoms with Gasteiger partial charge in [0.25, 0.3) is 0 Å². The molecular weight excluding hydrogens is 214 g/mol. The first-order valence-electron chi connectivity index (χ1n) is 5.83. The molecule has 0 amide bonds. The molecule has 0 bridgehead atoms. The normalized spacial score (nSPS) is 18.8. The van der Waals surface area contributed by atoms with E-state index in [0.29, 0.717) is 5.56 Å². The van der Waals surface area contributed by atoms with Crippen LogP contribution in [0.1, 0.15) is 37.3 Å². The lowest BCUT2D eigenvalue weighted by Gasteiger charge is -2.45. The lowest BCUT2D eigenvalue weighted by molar-refractivity contribution is -0.145. The molecule has 1 unspecified atom stereocenters. The van der Waals surface area contributed by atoms with Gasteiger partial charge < -0.3 is 5.11 Å². The molecule has 1 aliphatic carbocycles. The van der Waals surface area contributed by atoms with Crippen molar-refractivity contribution in [3.05, 3.63) is 35.4 Å². The predicted molar refractivity (Wildman–Crippen MR) is 63.5 cm³/mol. The molecule has 88 valence electrons. The van der Waals surface area contributed by atoms with Crippen LogP contribution < -0.4 is 0 Å². The summed E-state index contributed by atoms with van der Waals surface area (Å²) in [5, 5.41) is 17.9. The lowest BCUT2D eigenvalue weighted by atomic mass is 9.58. The summed E-state index contributed by atoms with van der Waals surface area (Å²) in [6.45, 7) is 1.78. The van der Waals surface area contributed by atoms with Crippen molar-refractivity contribution in [3.8, 4) is 6.07 Å². The summed E-state index contributed by atoms with van der Waals surface area (Å²) in [5.41, 5.74) is 1.45. The van der Waals surface area contributed by atoms with E-state index in [2.05, 4.69) is 6.07 Å². The van der Waals surface area contributed by atoms with Crippen LogP contribution in [0.3, 0.4) is 0 Å². The topological polar surface area (TPSA) is 61.1 Å². The van der Waals surface area contributed by atoms with E-state index in [1.807, 2.05) is 12.1 Å². The molecule has 2 rings (SSSR count). The van der Waals surface area contributed by atoms with Crippen LogP contribution in [0.2, 0.25) is 0 Å². The molecule has 0 aromatic heterocycles. The number of nitriles is 1. The number of aliphatic carboxylic acids is 1. The van der Waals surface area contributed by atoms with Crippen LogP contribution in [0.4, 0.5) is 0 Å². The quantitative estimate of drug-likeness (QED) is 0.866. The summed E-state index contributed by atoms with van der Waals surface area (Å²) in [6, 6.07) is 9.41. The van der Waals surface area contributed by atoms with Crippen LogP contribution in [-0.2, 0) is 10.2 Å². The zero-order chi connectivity index (χ0) is 12.5. The van der Waals surface area contributed by atoms with Gasteiger partial charge in [-0.1, -0.05) is 25.5 Å². The first-order chi connectivity index (χ1) is 8.10. The molecule has 1 aliphatic rings. The maximum atomic E-state index is 11.2. The number of nitrogens with zero attached hydrogens (tertiary/aromatic N) is 1. The smallest absolute Gasteiger partial charge is 0.307 e. The number of carboxylic acids is 1. The van der Waals surface area contributed by atoms with Crippen molar-refractivity contribution in [1.82, 2.24) is 0 Å². The Labute approximate surface area is 101 Å². The van der Waals surface area contributed by atoms with Gasteiger partial charge in [0.2, 0.25) is 0 Å². The largest absolute Gasteiger partial charge is 0.481 e. The fourth-order valence-electron chi connectivity index (χ4n) is 2.64. The van der Waals surface area contributed by atoms with Crippen LogP contribution in [0.15, 0.2) is 24.3 Å². The van der Waals surface area contributed by atoms with Crippen molar-refractivity contribution >= 4 is 5.97 Å². The summed E-state index contributed by atoms with van der Waals surface area (Å²) in [5.74, 6) is -1.11. The van der Waals surface area contributed by atoms with Gasteiger partial charge in [0, 0.05) is 5.41 Å². The molecule has 1 fully saturated rings. The Balaban J connectivity index is 2.35. The summed E-state index contributed by atoms with van der Waals surface area (Å²) in [6.07, 6.45) is 2.93. The van der Waals surface area contributed by atoms with E-state index in [-0.39, 0.29) is 11.3 Å². The van der Waals surface area contributed by atoms with Gasteiger partial charge in [0.15, 0.2) is 0 Å². The molecule has 1 N–H and O–H groups in total. The maximum Gasteiger partial charge on any atom is 0.307 e. The van der Waals surface area contributed by atoms with Crippen molar-refractivity contribution in [1.29, 1.82) is 5.26 Å².